The van der Waals surface area contributed by atoms with Crippen LogP contribution in [0.15, 0.2) is 24.5 Å². The van der Waals surface area contributed by atoms with Gasteiger partial charge in [-0.1, -0.05) is 0 Å². The Balaban J connectivity index is 1.54. The Kier molecular flexibility index (Phi) is 4.97. The Morgan fingerprint density at radius 2 is 2.41 bits per heavy atom. The van der Waals surface area contributed by atoms with Crippen LogP contribution in [0.1, 0.15) is 9.88 Å². The van der Waals surface area contributed by atoms with Gasteiger partial charge in [0, 0.05) is 50.5 Å². The van der Waals surface area contributed by atoms with Gasteiger partial charge in [0.2, 0.25) is 0 Å². The van der Waals surface area contributed by atoms with Gasteiger partial charge < -0.3 is 9.64 Å². The molecule has 2 aromatic heterocycles. The van der Waals surface area contributed by atoms with Crippen molar-refractivity contribution in [3.63, 3.8) is 0 Å². The maximum absolute atomic E-state index is 5.90. The van der Waals surface area contributed by atoms with E-state index < -0.39 is 0 Å². The van der Waals surface area contributed by atoms with E-state index in [-0.39, 0.29) is 6.10 Å². The molecular formula is C15H21N5OS. The molecular weight excluding hydrogens is 298 g/mol. The molecule has 3 heterocycles. The zero-order valence-electron chi connectivity index (χ0n) is 13.0. The molecule has 6 nitrogen and oxygen atoms in total. The lowest BCUT2D eigenvalue weighted by atomic mass is 10.2. The standard InChI is InChI=1S/C15H21N5OS/c1-12-16-8-14(22-12)11-20-6-7-21-13(10-20)9-19(2)15-4-3-5-17-18-15/h3-5,8,13H,6-7,9-11H2,1-2H3/t13-/m0/s1. The summed E-state index contributed by atoms with van der Waals surface area (Å²) in [6, 6.07) is 3.87. The van der Waals surface area contributed by atoms with Gasteiger partial charge in [0.15, 0.2) is 5.82 Å². The Labute approximate surface area is 134 Å². The number of anilines is 1. The number of likely N-dealkylation sites (N-methyl/N-ethyl adjacent to an activating group) is 1. The van der Waals surface area contributed by atoms with Crippen LogP contribution in [0.3, 0.4) is 0 Å². The minimum absolute atomic E-state index is 0.190. The van der Waals surface area contributed by atoms with Crippen LogP contribution in [0, 0.1) is 6.92 Å². The van der Waals surface area contributed by atoms with Gasteiger partial charge in [-0.3, -0.25) is 4.90 Å². The van der Waals surface area contributed by atoms with Crippen LogP contribution in [0.25, 0.3) is 0 Å². The normalized spacial score (nSPS) is 19.3. The molecule has 0 aromatic carbocycles. The molecule has 7 heteroatoms. The second-order valence-electron chi connectivity index (χ2n) is 5.54. The fourth-order valence-electron chi connectivity index (χ4n) is 2.63. The van der Waals surface area contributed by atoms with Crippen molar-refractivity contribution < 1.29 is 4.74 Å². The van der Waals surface area contributed by atoms with E-state index in [0.717, 1.165) is 43.6 Å². The number of ether oxygens (including phenoxy) is 1. The Bertz CT molecular complexity index is 591. The van der Waals surface area contributed by atoms with Gasteiger partial charge in [0.25, 0.3) is 0 Å². The lowest BCUT2D eigenvalue weighted by Gasteiger charge is -2.34. The lowest BCUT2D eigenvalue weighted by molar-refractivity contribution is -0.0262. The van der Waals surface area contributed by atoms with Crippen LogP contribution in [-0.2, 0) is 11.3 Å². The molecule has 1 fully saturated rings. The van der Waals surface area contributed by atoms with Crippen LogP contribution in [0.2, 0.25) is 0 Å². The summed E-state index contributed by atoms with van der Waals surface area (Å²) >= 11 is 1.77. The molecule has 0 spiro atoms. The summed E-state index contributed by atoms with van der Waals surface area (Å²) in [6.45, 7) is 6.50. The average Bonchev–Trinajstić information content (AvgIpc) is 2.93. The molecule has 3 rings (SSSR count). The van der Waals surface area contributed by atoms with Gasteiger partial charge in [-0.25, -0.2) is 4.98 Å². The van der Waals surface area contributed by atoms with Crippen LogP contribution >= 0.6 is 11.3 Å². The molecule has 0 N–H and O–H groups in total. The molecule has 1 aliphatic rings. The van der Waals surface area contributed by atoms with Crippen molar-refractivity contribution >= 4 is 17.2 Å². The number of aryl methyl sites for hydroxylation is 1. The third-order valence-electron chi connectivity index (χ3n) is 3.70. The molecule has 0 radical (unpaired) electrons. The second kappa shape index (κ2) is 7.13. The SMILES string of the molecule is Cc1ncc(CN2CCO[C@@H](CN(C)c3cccnn3)C2)s1. The zero-order chi connectivity index (χ0) is 15.4. The highest BCUT2D eigenvalue weighted by Crippen LogP contribution is 2.17. The van der Waals surface area contributed by atoms with E-state index in [0.29, 0.717) is 0 Å². The number of morpholine rings is 1. The highest BCUT2D eigenvalue weighted by Gasteiger charge is 2.22. The maximum atomic E-state index is 5.90. The van der Waals surface area contributed by atoms with Crippen molar-refractivity contribution in [2.75, 3.05) is 38.2 Å². The Morgan fingerprint density at radius 3 is 3.14 bits per heavy atom. The Morgan fingerprint density at radius 1 is 1.50 bits per heavy atom. The summed E-state index contributed by atoms with van der Waals surface area (Å²) in [6.07, 6.45) is 3.86. The average molecular weight is 319 g/mol. The van der Waals surface area contributed by atoms with E-state index in [1.165, 1.54) is 4.88 Å². The number of rotatable bonds is 5. The topological polar surface area (TPSA) is 54.4 Å². The largest absolute Gasteiger partial charge is 0.374 e. The number of hydrogen-bond acceptors (Lipinski definition) is 7. The maximum Gasteiger partial charge on any atom is 0.151 e. The van der Waals surface area contributed by atoms with Crippen molar-refractivity contribution in [3.8, 4) is 0 Å². The van der Waals surface area contributed by atoms with E-state index in [9.17, 15) is 0 Å². The first-order valence-corrected chi connectivity index (χ1v) is 8.26. The molecule has 0 unspecified atom stereocenters. The monoisotopic (exact) mass is 319 g/mol. The summed E-state index contributed by atoms with van der Waals surface area (Å²) in [5, 5.41) is 9.18. The van der Waals surface area contributed by atoms with Gasteiger partial charge in [0.1, 0.15) is 0 Å². The third-order valence-corrected chi connectivity index (χ3v) is 4.60. The molecule has 0 aliphatic carbocycles. The molecule has 0 amide bonds. The molecule has 118 valence electrons. The third kappa shape index (κ3) is 4.00. The molecule has 1 aliphatic heterocycles. The molecule has 0 saturated carbocycles. The summed E-state index contributed by atoms with van der Waals surface area (Å²) in [5.41, 5.74) is 0. The predicted molar refractivity (Wildman–Crippen MR) is 87.2 cm³/mol. The number of thiazole rings is 1. The smallest absolute Gasteiger partial charge is 0.151 e. The van der Waals surface area contributed by atoms with Crippen LogP contribution in [0.4, 0.5) is 5.82 Å². The summed E-state index contributed by atoms with van der Waals surface area (Å²) in [4.78, 5) is 10.2. The van der Waals surface area contributed by atoms with Gasteiger partial charge in [-0.15, -0.1) is 16.4 Å². The zero-order valence-corrected chi connectivity index (χ0v) is 13.8. The minimum Gasteiger partial charge on any atom is -0.374 e. The molecule has 2 aromatic rings. The minimum atomic E-state index is 0.190. The van der Waals surface area contributed by atoms with Crippen molar-refractivity contribution in [2.24, 2.45) is 0 Å². The molecule has 1 atom stereocenters. The highest BCUT2D eigenvalue weighted by molar-refractivity contribution is 7.11. The van der Waals surface area contributed by atoms with Gasteiger partial charge in [0.05, 0.1) is 17.7 Å². The van der Waals surface area contributed by atoms with E-state index in [1.807, 2.05) is 32.3 Å². The van der Waals surface area contributed by atoms with E-state index >= 15 is 0 Å². The first kappa shape index (κ1) is 15.3. The fourth-order valence-corrected chi connectivity index (χ4v) is 3.47. The van der Waals surface area contributed by atoms with Crippen molar-refractivity contribution in [2.45, 2.75) is 19.6 Å². The summed E-state index contributed by atoms with van der Waals surface area (Å²) in [7, 11) is 2.03. The van der Waals surface area contributed by atoms with Gasteiger partial charge >= 0.3 is 0 Å². The first-order chi connectivity index (χ1) is 10.7. The van der Waals surface area contributed by atoms with Gasteiger partial charge in [-0.05, 0) is 19.1 Å². The molecule has 1 saturated heterocycles. The number of hydrogen-bond donors (Lipinski definition) is 0. The molecule has 0 bridgehead atoms. The quantitative estimate of drug-likeness (QED) is 0.834. The first-order valence-electron chi connectivity index (χ1n) is 7.45. The number of nitrogens with zero attached hydrogens (tertiary/aromatic N) is 5. The van der Waals surface area contributed by atoms with E-state index in [4.69, 9.17) is 4.74 Å². The van der Waals surface area contributed by atoms with Crippen LogP contribution in [-0.4, -0.2) is 59.5 Å². The lowest BCUT2D eigenvalue weighted by Crippen LogP contribution is -2.46. The van der Waals surface area contributed by atoms with Crippen LogP contribution < -0.4 is 4.90 Å². The highest BCUT2D eigenvalue weighted by atomic mass is 32.1. The predicted octanol–water partition coefficient (Wildman–Crippen LogP) is 1.58. The second-order valence-corrected chi connectivity index (χ2v) is 6.86. The van der Waals surface area contributed by atoms with Crippen molar-refractivity contribution in [1.82, 2.24) is 20.1 Å². The van der Waals surface area contributed by atoms with Crippen molar-refractivity contribution in [3.05, 3.63) is 34.4 Å². The summed E-state index contributed by atoms with van der Waals surface area (Å²) in [5.74, 6) is 0.876. The fraction of sp³-hybridized carbons (Fsp3) is 0.533. The molecule has 22 heavy (non-hydrogen) atoms. The van der Waals surface area contributed by atoms with Crippen LogP contribution in [0.5, 0.6) is 0 Å². The van der Waals surface area contributed by atoms with E-state index in [2.05, 4.69) is 25.0 Å². The Hall–Kier alpha value is -1.57. The van der Waals surface area contributed by atoms with Gasteiger partial charge in [-0.2, -0.15) is 5.10 Å². The number of aromatic nitrogens is 3. The van der Waals surface area contributed by atoms with E-state index in [1.54, 1.807) is 17.5 Å². The van der Waals surface area contributed by atoms with Crippen molar-refractivity contribution in [1.29, 1.82) is 0 Å². The summed E-state index contributed by atoms with van der Waals surface area (Å²) < 4.78 is 5.90.